The van der Waals surface area contributed by atoms with E-state index in [0.29, 0.717) is 5.92 Å². The molecule has 3 rings (SSSR count). The summed E-state index contributed by atoms with van der Waals surface area (Å²) in [5, 5.41) is 0. The number of nitrogen functional groups attached to an aromatic ring is 1. The smallest absolute Gasteiger partial charge is 0.410 e. The summed E-state index contributed by atoms with van der Waals surface area (Å²) in [5.74, 6) is 0.453. The Labute approximate surface area is 156 Å². The average molecular weight is 361 g/mol. The number of nitrogens with two attached hydrogens (primary N) is 1. The van der Waals surface area contributed by atoms with Crippen molar-refractivity contribution < 1.29 is 14.3 Å². The Morgan fingerprint density at radius 1 is 1.15 bits per heavy atom. The molecule has 26 heavy (non-hydrogen) atoms. The lowest BCUT2D eigenvalue weighted by Crippen LogP contribution is -2.41. The highest BCUT2D eigenvalue weighted by Gasteiger charge is 2.28. The van der Waals surface area contributed by atoms with Gasteiger partial charge in [0.05, 0.1) is 24.6 Å². The number of hydrogen-bond donors (Lipinski definition) is 1. The number of benzene rings is 1. The summed E-state index contributed by atoms with van der Waals surface area (Å²) in [6.45, 7) is 10.4. The Kier molecular flexibility index (Phi) is 5.61. The van der Waals surface area contributed by atoms with Crippen molar-refractivity contribution in [1.29, 1.82) is 0 Å². The van der Waals surface area contributed by atoms with Crippen LogP contribution in [-0.2, 0) is 9.47 Å². The number of ether oxygens (including phenoxy) is 2. The van der Waals surface area contributed by atoms with Crippen LogP contribution in [0.3, 0.4) is 0 Å². The summed E-state index contributed by atoms with van der Waals surface area (Å²) in [7, 11) is 0. The molecule has 6 nitrogen and oxygen atoms in total. The zero-order valence-corrected chi connectivity index (χ0v) is 16.2. The summed E-state index contributed by atoms with van der Waals surface area (Å²) < 4.78 is 10.9. The van der Waals surface area contributed by atoms with Gasteiger partial charge < -0.3 is 25.0 Å². The number of piperidine rings is 1. The molecule has 144 valence electrons. The van der Waals surface area contributed by atoms with Gasteiger partial charge in [0, 0.05) is 26.2 Å². The predicted molar refractivity (Wildman–Crippen MR) is 104 cm³/mol. The standard InChI is InChI=1S/C20H31N3O3/c1-20(2,3)26-19(24)23-8-6-15(7-9-23)16-4-5-17(21)18(14-16)22-10-12-25-13-11-22/h4-5,14-15H,6-13,21H2,1-3H3. The molecule has 2 saturated heterocycles. The zero-order chi connectivity index (χ0) is 18.7. The summed E-state index contributed by atoms with van der Waals surface area (Å²) in [6.07, 6.45) is 1.69. The maximum atomic E-state index is 12.2. The molecule has 2 N–H and O–H groups in total. The number of nitrogens with zero attached hydrogens (tertiary/aromatic N) is 2. The second-order valence-corrected chi connectivity index (χ2v) is 8.16. The van der Waals surface area contributed by atoms with Crippen LogP contribution in [0.15, 0.2) is 18.2 Å². The van der Waals surface area contributed by atoms with Gasteiger partial charge >= 0.3 is 6.09 Å². The van der Waals surface area contributed by atoms with Crippen molar-refractivity contribution in [3.8, 4) is 0 Å². The fourth-order valence-corrected chi connectivity index (χ4v) is 3.61. The molecule has 0 spiro atoms. The van der Waals surface area contributed by atoms with Crippen molar-refractivity contribution in [2.24, 2.45) is 0 Å². The van der Waals surface area contributed by atoms with Gasteiger partial charge in [-0.25, -0.2) is 4.79 Å². The summed E-state index contributed by atoms with van der Waals surface area (Å²) >= 11 is 0. The number of amides is 1. The van der Waals surface area contributed by atoms with E-state index in [2.05, 4.69) is 17.0 Å². The molecule has 0 saturated carbocycles. The molecule has 2 aliphatic heterocycles. The van der Waals surface area contributed by atoms with E-state index in [1.165, 1.54) is 5.56 Å². The molecule has 0 aliphatic carbocycles. The van der Waals surface area contributed by atoms with E-state index < -0.39 is 5.60 Å². The molecule has 1 aromatic carbocycles. The zero-order valence-electron chi connectivity index (χ0n) is 16.2. The Morgan fingerprint density at radius 2 is 1.81 bits per heavy atom. The van der Waals surface area contributed by atoms with Crippen LogP contribution in [0.2, 0.25) is 0 Å². The maximum Gasteiger partial charge on any atom is 0.410 e. The minimum atomic E-state index is -0.446. The third-order valence-electron chi connectivity index (χ3n) is 5.02. The van der Waals surface area contributed by atoms with Gasteiger partial charge in [-0.2, -0.15) is 0 Å². The van der Waals surface area contributed by atoms with Gasteiger partial charge in [0.2, 0.25) is 0 Å². The fraction of sp³-hybridized carbons (Fsp3) is 0.650. The van der Waals surface area contributed by atoms with E-state index in [9.17, 15) is 4.79 Å². The van der Waals surface area contributed by atoms with Crippen molar-refractivity contribution in [3.05, 3.63) is 23.8 Å². The van der Waals surface area contributed by atoms with Crippen LogP contribution < -0.4 is 10.6 Å². The van der Waals surface area contributed by atoms with Crippen LogP contribution in [0.4, 0.5) is 16.2 Å². The molecule has 0 atom stereocenters. The summed E-state index contributed by atoms with van der Waals surface area (Å²) in [4.78, 5) is 16.4. The number of hydrogen-bond acceptors (Lipinski definition) is 5. The molecule has 2 aliphatic rings. The molecule has 0 aromatic heterocycles. The monoisotopic (exact) mass is 361 g/mol. The number of morpholine rings is 1. The number of carbonyl (C=O) groups excluding carboxylic acids is 1. The van der Waals surface area contributed by atoms with E-state index in [1.54, 1.807) is 0 Å². The number of carbonyl (C=O) groups is 1. The third-order valence-corrected chi connectivity index (χ3v) is 5.02. The van der Waals surface area contributed by atoms with Crippen LogP contribution in [0.1, 0.15) is 45.1 Å². The molecule has 0 radical (unpaired) electrons. The first-order chi connectivity index (χ1) is 12.3. The highest BCUT2D eigenvalue weighted by molar-refractivity contribution is 5.69. The topological polar surface area (TPSA) is 68.0 Å². The van der Waals surface area contributed by atoms with E-state index in [4.69, 9.17) is 15.2 Å². The second kappa shape index (κ2) is 7.74. The Hall–Kier alpha value is -1.95. The number of likely N-dealkylation sites (tertiary alicyclic amines) is 1. The lowest BCUT2D eigenvalue weighted by molar-refractivity contribution is 0.0205. The van der Waals surface area contributed by atoms with Crippen molar-refractivity contribution >= 4 is 17.5 Å². The van der Waals surface area contributed by atoms with Gasteiger partial charge in [-0.3, -0.25) is 0 Å². The molecule has 2 fully saturated rings. The van der Waals surface area contributed by atoms with Gasteiger partial charge in [0.15, 0.2) is 0 Å². The average Bonchev–Trinajstić information content (AvgIpc) is 2.61. The van der Waals surface area contributed by atoms with Gasteiger partial charge in [-0.05, 0) is 57.2 Å². The SMILES string of the molecule is CC(C)(C)OC(=O)N1CCC(c2ccc(N)c(N3CCOCC3)c2)CC1. The van der Waals surface area contributed by atoms with E-state index >= 15 is 0 Å². The van der Waals surface area contributed by atoms with Crippen molar-refractivity contribution in [3.63, 3.8) is 0 Å². The first kappa shape index (κ1) is 18.8. The lowest BCUT2D eigenvalue weighted by Gasteiger charge is -2.34. The summed E-state index contributed by atoms with van der Waals surface area (Å²) in [6, 6.07) is 6.38. The van der Waals surface area contributed by atoms with Crippen molar-refractivity contribution in [2.75, 3.05) is 50.0 Å². The van der Waals surface area contributed by atoms with Gasteiger partial charge in [-0.15, -0.1) is 0 Å². The normalized spacial score (nSPS) is 19.5. The summed E-state index contributed by atoms with van der Waals surface area (Å²) in [5.41, 5.74) is 9.01. The highest BCUT2D eigenvalue weighted by Crippen LogP contribution is 2.34. The molecular weight excluding hydrogens is 330 g/mol. The highest BCUT2D eigenvalue weighted by atomic mass is 16.6. The van der Waals surface area contributed by atoms with Crippen LogP contribution >= 0.6 is 0 Å². The van der Waals surface area contributed by atoms with Crippen LogP contribution in [0.5, 0.6) is 0 Å². The molecule has 0 bridgehead atoms. The Morgan fingerprint density at radius 3 is 2.42 bits per heavy atom. The van der Waals surface area contributed by atoms with Crippen LogP contribution in [0.25, 0.3) is 0 Å². The molecule has 2 heterocycles. The van der Waals surface area contributed by atoms with E-state index in [1.807, 2.05) is 31.7 Å². The molecular formula is C20H31N3O3. The first-order valence-corrected chi connectivity index (χ1v) is 9.53. The first-order valence-electron chi connectivity index (χ1n) is 9.53. The predicted octanol–water partition coefficient (Wildman–Crippen LogP) is 3.22. The minimum Gasteiger partial charge on any atom is -0.444 e. The Balaban J connectivity index is 1.63. The van der Waals surface area contributed by atoms with Crippen molar-refractivity contribution in [2.45, 2.75) is 45.1 Å². The maximum absolute atomic E-state index is 12.2. The van der Waals surface area contributed by atoms with E-state index in [0.717, 1.165) is 63.6 Å². The largest absolute Gasteiger partial charge is 0.444 e. The van der Waals surface area contributed by atoms with Crippen LogP contribution in [0, 0.1) is 0 Å². The third kappa shape index (κ3) is 4.61. The quantitative estimate of drug-likeness (QED) is 0.819. The fourth-order valence-electron chi connectivity index (χ4n) is 3.61. The molecule has 1 aromatic rings. The molecule has 0 unspecified atom stereocenters. The Bertz CT molecular complexity index is 628. The minimum absolute atomic E-state index is 0.206. The lowest BCUT2D eigenvalue weighted by atomic mass is 9.89. The number of anilines is 2. The second-order valence-electron chi connectivity index (χ2n) is 8.16. The van der Waals surface area contributed by atoms with Gasteiger partial charge in [0.1, 0.15) is 5.60 Å². The number of rotatable bonds is 2. The van der Waals surface area contributed by atoms with E-state index in [-0.39, 0.29) is 6.09 Å². The van der Waals surface area contributed by atoms with Gasteiger partial charge in [-0.1, -0.05) is 6.07 Å². The van der Waals surface area contributed by atoms with Crippen molar-refractivity contribution in [1.82, 2.24) is 4.90 Å². The molecule has 6 heteroatoms. The molecule has 1 amide bonds. The van der Waals surface area contributed by atoms with Gasteiger partial charge in [0.25, 0.3) is 0 Å². The van der Waals surface area contributed by atoms with Crippen LogP contribution in [-0.4, -0.2) is 56.0 Å².